The maximum Gasteiger partial charge on any atom is 0.359 e. The van der Waals surface area contributed by atoms with Crippen LogP contribution in [0.3, 0.4) is 0 Å². The Morgan fingerprint density at radius 1 is 1.43 bits per heavy atom. The first-order valence-electron chi connectivity index (χ1n) is 6.82. The zero-order chi connectivity index (χ0) is 16.6. The van der Waals surface area contributed by atoms with Gasteiger partial charge in [-0.25, -0.2) is 4.39 Å². The van der Waals surface area contributed by atoms with E-state index in [0.29, 0.717) is 0 Å². The third kappa shape index (κ3) is 4.27. The van der Waals surface area contributed by atoms with Crippen molar-refractivity contribution in [3.63, 3.8) is 0 Å². The summed E-state index contributed by atoms with van der Waals surface area (Å²) >= 11 is 0. The number of alkyl halides is 1. The quantitative estimate of drug-likeness (QED) is 0.500. The summed E-state index contributed by atoms with van der Waals surface area (Å²) in [5.41, 5.74) is -1.22. The second kappa shape index (κ2) is 6.26. The van der Waals surface area contributed by atoms with Crippen LogP contribution in [0.4, 0.5) is 4.39 Å². The van der Waals surface area contributed by atoms with E-state index >= 15 is 0 Å². The standard InChI is InChI=1S/C12H23BFO6P/c1-5-12(4,16)21(17,18)20-11(2,3)6-7-9(15)8(14)10(13)19-7/h7-10,15-16H,5-6H2,1-4H3,(H,17,18)/t7-,8-,9-,10-,12?/m1/s1. The van der Waals surface area contributed by atoms with Crippen LogP contribution in [0.2, 0.25) is 0 Å². The first-order chi connectivity index (χ1) is 9.33. The van der Waals surface area contributed by atoms with Crippen molar-refractivity contribution >= 4 is 15.4 Å². The van der Waals surface area contributed by atoms with E-state index < -0.39 is 42.9 Å². The Kier molecular flexibility index (Phi) is 5.69. The predicted octanol–water partition coefficient (Wildman–Crippen LogP) is 1.07. The summed E-state index contributed by atoms with van der Waals surface area (Å²) in [6.45, 7) is 5.75. The van der Waals surface area contributed by atoms with Crippen LogP contribution in [0.1, 0.15) is 40.5 Å². The molecule has 0 aromatic rings. The van der Waals surface area contributed by atoms with Crippen LogP contribution in [0, 0.1) is 0 Å². The van der Waals surface area contributed by atoms with Gasteiger partial charge in [-0.3, -0.25) is 4.57 Å². The maximum atomic E-state index is 13.4. The van der Waals surface area contributed by atoms with Gasteiger partial charge in [0.15, 0.2) is 5.34 Å². The Bertz CT molecular complexity index is 419. The van der Waals surface area contributed by atoms with Gasteiger partial charge >= 0.3 is 7.60 Å². The third-order valence-electron chi connectivity index (χ3n) is 3.70. The van der Waals surface area contributed by atoms with Gasteiger partial charge in [0.25, 0.3) is 0 Å². The lowest BCUT2D eigenvalue weighted by Gasteiger charge is -2.35. The van der Waals surface area contributed by atoms with Crippen LogP contribution in [-0.4, -0.2) is 58.3 Å². The van der Waals surface area contributed by atoms with Gasteiger partial charge in [-0.15, -0.1) is 0 Å². The molecule has 6 atom stereocenters. The Balaban J connectivity index is 2.77. The number of hydrogen-bond acceptors (Lipinski definition) is 5. The largest absolute Gasteiger partial charge is 0.387 e. The van der Waals surface area contributed by atoms with Gasteiger partial charge in [0.1, 0.15) is 20.1 Å². The minimum absolute atomic E-state index is 0.0246. The molecule has 1 rings (SSSR count). The Morgan fingerprint density at radius 2 is 1.95 bits per heavy atom. The van der Waals surface area contributed by atoms with Gasteiger partial charge in [0.05, 0.1) is 17.7 Å². The van der Waals surface area contributed by atoms with E-state index in [0.717, 1.165) is 0 Å². The normalized spacial score (nSPS) is 36.2. The molecule has 1 aliphatic heterocycles. The average molecular weight is 324 g/mol. The van der Waals surface area contributed by atoms with E-state index in [2.05, 4.69) is 0 Å². The molecule has 122 valence electrons. The molecule has 1 aliphatic rings. The highest BCUT2D eigenvalue weighted by Gasteiger charge is 2.48. The number of aliphatic hydroxyl groups excluding tert-OH is 1. The maximum absolute atomic E-state index is 13.4. The van der Waals surface area contributed by atoms with E-state index in [1.54, 1.807) is 6.92 Å². The molecule has 9 heteroatoms. The summed E-state index contributed by atoms with van der Waals surface area (Å²) in [6.07, 6.45) is -4.11. The van der Waals surface area contributed by atoms with Crippen molar-refractivity contribution in [3.05, 3.63) is 0 Å². The van der Waals surface area contributed by atoms with Crippen molar-refractivity contribution < 1.29 is 33.3 Å². The van der Waals surface area contributed by atoms with Crippen molar-refractivity contribution in [2.75, 3.05) is 0 Å². The van der Waals surface area contributed by atoms with Crippen molar-refractivity contribution in [2.45, 2.75) is 75.9 Å². The highest BCUT2D eigenvalue weighted by Crippen LogP contribution is 2.58. The summed E-state index contributed by atoms with van der Waals surface area (Å²) in [4.78, 5) is 9.90. The summed E-state index contributed by atoms with van der Waals surface area (Å²) < 4.78 is 35.8. The van der Waals surface area contributed by atoms with Crippen molar-refractivity contribution in [1.82, 2.24) is 0 Å². The van der Waals surface area contributed by atoms with Gasteiger partial charge in [0, 0.05) is 6.42 Å². The zero-order valence-electron chi connectivity index (χ0n) is 12.7. The van der Waals surface area contributed by atoms with Crippen LogP contribution < -0.4 is 0 Å². The number of hydrogen-bond donors (Lipinski definition) is 3. The molecule has 0 aromatic carbocycles. The second-order valence-corrected chi connectivity index (χ2v) is 8.41. The second-order valence-electron chi connectivity index (χ2n) is 6.22. The van der Waals surface area contributed by atoms with Crippen LogP contribution in [0.25, 0.3) is 0 Å². The van der Waals surface area contributed by atoms with Crippen molar-refractivity contribution in [1.29, 1.82) is 0 Å². The lowest BCUT2D eigenvalue weighted by molar-refractivity contribution is -0.0345. The molecule has 21 heavy (non-hydrogen) atoms. The molecule has 1 heterocycles. The molecule has 2 unspecified atom stereocenters. The van der Waals surface area contributed by atoms with Crippen LogP contribution in [-0.2, 0) is 13.8 Å². The number of ether oxygens (including phenoxy) is 1. The van der Waals surface area contributed by atoms with Crippen molar-refractivity contribution in [3.8, 4) is 0 Å². The molecule has 0 saturated carbocycles. The van der Waals surface area contributed by atoms with Gasteiger partial charge in [-0.2, -0.15) is 0 Å². The fourth-order valence-electron chi connectivity index (χ4n) is 2.08. The summed E-state index contributed by atoms with van der Waals surface area (Å²) in [7, 11) is 1.02. The topological polar surface area (TPSA) is 96.2 Å². The van der Waals surface area contributed by atoms with E-state index in [1.165, 1.54) is 20.8 Å². The van der Waals surface area contributed by atoms with Crippen LogP contribution in [0.5, 0.6) is 0 Å². The Hall–Kier alpha value is 0.0249. The molecule has 0 amide bonds. The van der Waals surface area contributed by atoms with Gasteiger partial charge in [-0.1, -0.05) is 6.92 Å². The summed E-state index contributed by atoms with van der Waals surface area (Å²) in [5, 5.41) is 17.7. The average Bonchev–Trinajstić information content (AvgIpc) is 2.54. The Morgan fingerprint density at radius 3 is 2.33 bits per heavy atom. The summed E-state index contributed by atoms with van der Waals surface area (Å²) in [6, 6.07) is -1.24. The van der Waals surface area contributed by atoms with Crippen LogP contribution >= 0.6 is 7.60 Å². The molecule has 6 nitrogen and oxygen atoms in total. The van der Waals surface area contributed by atoms with Crippen LogP contribution in [0.15, 0.2) is 0 Å². The van der Waals surface area contributed by atoms with Gasteiger partial charge < -0.3 is 24.4 Å². The Labute approximate surface area is 125 Å². The smallest absolute Gasteiger partial charge is 0.359 e. The third-order valence-corrected chi connectivity index (χ3v) is 5.97. The molecule has 3 N–H and O–H groups in total. The van der Waals surface area contributed by atoms with E-state index in [1.807, 2.05) is 0 Å². The van der Waals surface area contributed by atoms with E-state index in [9.17, 15) is 24.1 Å². The van der Waals surface area contributed by atoms with Gasteiger partial charge in [0.2, 0.25) is 0 Å². The molecule has 0 aromatic heterocycles. The number of halogens is 1. The minimum Gasteiger partial charge on any atom is -0.387 e. The highest BCUT2D eigenvalue weighted by molar-refractivity contribution is 7.54. The lowest BCUT2D eigenvalue weighted by atomic mass is 9.92. The van der Waals surface area contributed by atoms with E-state index in [4.69, 9.17) is 17.1 Å². The minimum atomic E-state index is -4.33. The number of rotatable bonds is 6. The molecule has 0 aliphatic carbocycles. The lowest BCUT2D eigenvalue weighted by Crippen LogP contribution is -2.38. The highest BCUT2D eigenvalue weighted by atomic mass is 31.2. The monoisotopic (exact) mass is 324 g/mol. The first kappa shape index (κ1) is 19.1. The molecule has 2 radical (unpaired) electrons. The SMILES string of the molecule is [B][C@@H]1O[C@H](CC(C)(C)OP(=O)(O)C(C)(O)CC)[C@@H](O)[C@H]1F. The predicted molar refractivity (Wildman–Crippen MR) is 75.8 cm³/mol. The molecule has 0 spiro atoms. The fourth-order valence-corrected chi connectivity index (χ4v) is 3.42. The molecular formula is C12H23BFO6P. The molecule has 0 bridgehead atoms. The van der Waals surface area contributed by atoms with Gasteiger partial charge in [-0.05, 0) is 27.2 Å². The first-order valence-corrected chi connectivity index (χ1v) is 8.40. The molecule has 1 saturated heterocycles. The van der Waals surface area contributed by atoms with E-state index in [-0.39, 0.29) is 12.8 Å². The van der Waals surface area contributed by atoms with Crippen molar-refractivity contribution in [2.24, 2.45) is 0 Å². The summed E-state index contributed by atoms with van der Waals surface area (Å²) in [5.74, 6) is 0. The fraction of sp³-hybridized carbons (Fsp3) is 1.00. The number of aliphatic hydroxyl groups is 2. The molecule has 1 fully saturated rings. The molecular weight excluding hydrogens is 301 g/mol. The zero-order valence-corrected chi connectivity index (χ0v) is 13.6.